The van der Waals surface area contributed by atoms with Crippen molar-refractivity contribution in [2.24, 2.45) is 11.8 Å². The van der Waals surface area contributed by atoms with E-state index in [0.717, 1.165) is 12.5 Å². The molecule has 2 atom stereocenters. The minimum atomic E-state index is -3.49. The van der Waals surface area contributed by atoms with Crippen LogP contribution in [0, 0.1) is 11.8 Å². The molecule has 0 radical (unpaired) electrons. The average molecular weight is 288 g/mol. The number of hydrogen-bond acceptors (Lipinski definition) is 7. The minimum absolute atomic E-state index is 0.0172. The van der Waals surface area contributed by atoms with Crippen molar-refractivity contribution in [1.82, 2.24) is 0 Å². The molecule has 17 heavy (non-hydrogen) atoms. The Morgan fingerprint density at radius 1 is 0.941 bits per heavy atom. The third kappa shape index (κ3) is 6.32. The summed E-state index contributed by atoms with van der Waals surface area (Å²) in [5.41, 5.74) is 0. The molecule has 102 valence electrons. The number of ether oxygens (including phenoxy) is 1. The molecule has 0 bridgehead atoms. The Morgan fingerprint density at radius 3 is 1.59 bits per heavy atom. The highest BCUT2D eigenvalue weighted by Gasteiger charge is 2.30. The van der Waals surface area contributed by atoms with Gasteiger partial charge >= 0.3 is 0 Å². The zero-order valence-electron chi connectivity index (χ0n) is 9.66. The normalized spacial score (nSPS) is 26.2. The molecular weight excluding hydrogens is 272 g/mol. The van der Waals surface area contributed by atoms with E-state index < -0.39 is 20.2 Å². The van der Waals surface area contributed by atoms with E-state index in [9.17, 15) is 16.8 Å². The molecule has 0 aromatic heterocycles. The number of hydrogen-bond donors (Lipinski definition) is 0. The summed E-state index contributed by atoms with van der Waals surface area (Å²) in [5.74, 6) is -0.349. The third-order valence-corrected chi connectivity index (χ3v) is 3.45. The van der Waals surface area contributed by atoms with Gasteiger partial charge in [-0.15, -0.1) is 0 Å². The molecule has 0 aliphatic carbocycles. The lowest BCUT2D eigenvalue weighted by atomic mass is 9.98. The van der Waals surface area contributed by atoms with Crippen LogP contribution in [0.5, 0.6) is 0 Å². The predicted molar refractivity (Wildman–Crippen MR) is 59.4 cm³/mol. The first kappa shape index (κ1) is 14.8. The van der Waals surface area contributed by atoms with Gasteiger partial charge in [0.1, 0.15) is 0 Å². The van der Waals surface area contributed by atoms with Crippen LogP contribution < -0.4 is 0 Å². The summed E-state index contributed by atoms with van der Waals surface area (Å²) in [6.45, 7) is 0.647. The Labute approximate surface area is 101 Å². The van der Waals surface area contributed by atoms with Crippen molar-refractivity contribution in [3.8, 4) is 0 Å². The van der Waals surface area contributed by atoms with Crippen molar-refractivity contribution in [3.63, 3.8) is 0 Å². The van der Waals surface area contributed by atoms with Gasteiger partial charge in [0.15, 0.2) is 0 Å². The van der Waals surface area contributed by atoms with Gasteiger partial charge in [-0.2, -0.15) is 16.8 Å². The molecule has 1 saturated heterocycles. The summed E-state index contributed by atoms with van der Waals surface area (Å²) in [6.07, 6.45) is 1.93. The lowest BCUT2D eigenvalue weighted by molar-refractivity contribution is 0.167. The van der Waals surface area contributed by atoms with E-state index in [1.165, 1.54) is 0 Å². The quantitative estimate of drug-likeness (QED) is 0.590. The first-order valence-electron chi connectivity index (χ1n) is 4.94. The van der Waals surface area contributed by atoms with Crippen molar-refractivity contribution >= 4 is 20.2 Å². The van der Waals surface area contributed by atoms with Gasteiger partial charge in [-0.1, -0.05) is 0 Å². The van der Waals surface area contributed by atoms with Gasteiger partial charge in [0.05, 0.1) is 38.9 Å². The topological polar surface area (TPSA) is 96.0 Å². The fraction of sp³-hybridized carbons (Fsp3) is 1.00. The lowest BCUT2D eigenvalue weighted by Crippen LogP contribution is -2.25. The van der Waals surface area contributed by atoms with Crippen LogP contribution in [0.3, 0.4) is 0 Å². The van der Waals surface area contributed by atoms with Gasteiger partial charge in [-0.05, 0) is 0 Å². The smallest absolute Gasteiger partial charge is 0.264 e. The zero-order chi connectivity index (χ0) is 13.1. The molecule has 1 aliphatic rings. The summed E-state index contributed by atoms with van der Waals surface area (Å²) >= 11 is 0. The van der Waals surface area contributed by atoms with E-state index in [0.29, 0.717) is 13.2 Å². The van der Waals surface area contributed by atoms with Crippen LogP contribution in [0.1, 0.15) is 0 Å². The van der Waals surface area contributed by atoms with Gasteiger partial charge in [-0.25, -0.2) is 0 Å². The lowest BCUT2D eigenvalue weighted by Gasteiger charge is -2.15. The average Bonchev–Trinajstić information content (AvgIpc) is 2.56. The second-order valence-corrected chi connectivity index (χ2v) is 7.32. The summed E-state index contributed by atoms with van der Waals surface area (Å²) < 4.78 is 57.8. The van der Waals surface area contributed by atoms with Gasteiger partial charge in [0, 0.05) is 11.8 Å². The SMILES string of the molecule is CS(=O)(=O)OCC1COC[C@H]1COS(C)(=O)=O. The zero-order valence-corrected chi connectivity index (χ0v) is 11.3. The molecule has 9 heteroatoms. The van der Waals surface area contributed by atoms with E-state index in [2.05, 4.69) is 8.37 Å². The maximum Gasteiger partial charge on any atom is 0.264 e. The van der Waals surface area contributed by atoms with Crippen molar-refractivity contribution in [2.45, 2.75) is 0 Å². The van der Waals surface area contributed by atoms with Crippen molar-refractivity contribution in [2.75, 3.05) is 38.9 Å². The van der Waals surface area contributed by atoms with Crippen molar-refractivity contribution < 1.29 is 29.9 Å². The second kappa shape index (κ2) is 5.61. The van der Waals surface area contributed by atoms with Crippen LogP contribution in [-0.2, 0) is 33.3 Å². The third-order valence-electron chi connectivity index (χ3n) is 2.32. The molecule has 0 N–H and O–H groups in total. The highest BCUT2D eigenvalue weighted by atomic mass is 32.2. The molecule has 1 unspecified atom stereocenters. The van der Waals surface area contributed by atoms with Crippen molar-refractivity contribution in [1.29, 1.82) is 0 Å². The van der Waals surface area contributed by atoms with E-state index in [1.54, 1.807) is 0 Å². The molecule has 0 spiro atoms. The molecule has 1 aliphatic heterocycles. The summed E-state index contributed by atoms with van der Waals surface area (Å²) in [7, 11) is -6.99. The number of rotatable bonds is 6. The molecule has 1 fully saturated rings. The summed E-state index contributed by atoms with van der Waals surface area (Å²) in [6, 6.07) is 0. The Bertz CT molecular complexity index is 396. The summed E-state index contributed by atoms with van der Waals surface area (Å²) in [4.78, 5) is 0. The van der Waals surface area contributed by atoms with Crippen LogP contribution in [0.4, 0.5) is 0 Å². The minimum Gasteiger partial charge on any atom is -0.381 e. The van der Waals surface area contributed by atoms with E-state index >= 15 is 0 Å². The Balaban J connectivity index is 2.44. The van der Waals surface area contributed by atoms with Crippen LogP contribution >= 0.6 is 0 Å². The first-order valence-corrected chi connectivity index (χ1v) is 8.57. The highest BCUT2D eigenvalue weighted by Crippen LogP contribution is 2.22. The first-order chi connectivity index (χ1) is 7.67. The van der Waals surface area contributed by atoms with E-state index in [1.807, 2.05) is 0 Å². The molecule has 0 aromatic rings. The van der Waals surface area contributed by atoms with E-state index in [-0.39, 0.29) is 25.0 Å². The molecule has 7 nitrogen and oxygen atoms in total. The predicted octanol–water partition coefficient (Wildman–Crippen LogP) is -0.799. The largest absolute Gasteiger partial charge is 0.381 e. The molecule has 1 heterocycles. The maximum absolute atomic E-state index is 10.8. The summed E-state index contributed by atoms with van der Waals surface area (Å²) in [5, 5.41) is 0. The monoisotopic (exact) mass is 288 g/mol. The second-order valence-electron chi connectivity index (χ2n) is 4.03. The fourth-order valence-corrected chi connectivity index (χ4v) is 2.28. The Morgan fingerprint density at radius 2 is 1.29 bits per heavy atom. The molecular formula is C8H16O7S2. The maximum atomic E-state index is 10.8. The Kier molecular flexibility index (Phi) is 4.90. The van der Waals surface area contributed by atoms with Gasteiger partial charge in [-0.3, -0.25) is 8.37 Å². The molecule has 1 rings (SSSR count). The van der Waals surface area contributed by atoms with Crippen LogP contribution in [0.2, 0.25) is 0 Å². The van der Waals surface area contributed by atoms with Gasteiger partial charge in [0.25, 0.3) is 20.2 Å². The molecule has 0 saturated carbocycles. The van der Waals surface area contributed by atoms with E-state index in [4.69, 9.17) is 4.74 Å². The van der Waals surface area contributed by atoms with Crippen LogP contribution in [0.25, 0.3) is 0 Å². The standard InChI is InChI=1S/C8H16O7S2/c1-16(9,10)14-5-7-3-13-4-8(7)6-15-17(2,11)12/h7-8H,3-6H2,1-2H3/t7-,8?/m0/s1. The Hall–Kier alpha value is -0.220. The highest BCUT2D eigenvalue weighted by molar-refractivity contribution is 7.86. The van der Waals surface area contributed by atoms with Crippen LogP contribution in [0.15, 0.2) is 0 Å². The van der Waals surface area contributed by atoms with Gasteiger partial charge in [0.2, 0.25) is 0 Å². The van der Waals surface area contributed by atoms with Crippen LogP contribution in [-0.4, -0.2) is 55.8 Å². The fourth-order valence-electron chi connectivity index (χ4n) is 1.43. The van der Waals surface area contributed by atoms with Gasteiger partial charge < -0.3 is 4.74 Å². The molecule has 0 aromatic carbocycles. The van der Waals surface area contributed by atoms with Crippen molar-refractivity contribution in [3.05, 3.63) is 0 Å². The molecule has 0 amide bonds.